The zero-order valence-corrected chi connectivity index (χ0v) is 12.5. The lowest BCUT2D eigenvalue weighted by Crippen LogP contribution is -1.90. The van der Waals surface area contributed by atoms with E-state index < -0.39 is 0 Å². The lowest BCUT2D eigenvalue weighted by atomic mass is 10.0. The van der Waals surface area contributed by atoms with Gasteiger partial charge in [0.05, 0.1) is 28.3 Å². The third-order valence-electron chi connectivity index (χ3n) is 4.42. The number of fused-ring (bicyclic) bond motifs is 5. The summed E-state index contributed by atoms with van der Waals surface area (Å²) in [6, 6.07) is 27.4. The van der Waals surface area contributed by atoms with Crippen LogP contribution in [0.2, 0.25) is 0 Å². The molecule has 0 spiro atoms. The second-order valence-electron chi connectivity index (χ2n) is 5.73. The summed E-state index contributed by atoms with van der Waals surface area (Å²) in [5.74, 6) is 0. The zero-order valence-electron chi connectivity index (χ0n) is 12.5. The van der Waals surface area contributed by atoms with Crippen molar-refractivity contribution in [2.45, 2.75) is 0 Å². The maximum absolute atomic E-state index is 4.67. The average molecular weight is 294 g/mol. The van der Waals surface area contributed by atoms with Gasteiger partial charge in [0.25, 0.3) is 0 Å². The molecular formula is C21H14N2. The van der Waals surface area contributed by atoms with Crippen molar-refractivity contribution in [3.63, 3.8) is 0 Å². The molecule has 2 heteroatoms. The summed E-state index contributed by atoms with van der Waals surface area (Å²) in [6.07, 6.45) is 1.99. The van der Waals surface area contributed by atoms with Crippen LogP contribution in [0, 0.1) is 0 Å². The molecule has 2 heterocycles. The lowest BCUT2D eigenvalue weighted by Gasteiger charge is -2.04. The number of nitrogens with zero attached hydrogens (tertiary/aromatic N) is 2. The minimum absolute atomic E-state index is 1.01. The van der Waals surface area contributed by atoms with Crippen molar-refractivity contribution in [1.29, 1.82) is 0 Å². The van der Waals surface area contributed by atoms with Crippen LogP contribution in [0.3, 0.4) is 0 Å². The summed E-state index contributed by atoms with van der Waals surface area (Å²) < 4.78 is 2.32. The topological polar surface area (TPSA) is 17.3 Å². The van der Waals surface area contributed by atoms with E-state index in [1.54, 1.807) is 0 Å². The molecule has 0 unspecified atom stereocenters. The molecule has 0 saturated heterocycles. The molecule has 0 amide bonds. The van der Waals surface area contributed by atoms with E-state index in [9.17, 15) is 0 Å². The Kier molecular flexibility index (Phi) is 2.53. The molecule has 3 aromatic carbocycles. The second-order valence-corrected chi connectivity index (χ2v) is 5.73. The van der Waals surface area contributed by atoms with Gasteiger partial charge < -0.3 is 4.40 Å². The Balaban J connectivity index is 2.07. The van der Waals surface area contributed by atoms with Gasteiger partial charge >= 0.3 is 0 Å². The maximum atomic E-state index is 4.67. The van der Waals surface area contributed by atoms with Crippen molar-refractivity contribution in [3.05, 3.63) is 85.1 Å². The van der Waals surface area contributed by atoms with Crippen molar-refractivity contribution in [2.75, 3.05) is 0 Å². The van der Waals surface area contributed by atoms with E-state index in [1.807, 2.05) is 12.3 Å². The summed E-state index contributed by atoms with van der Waals surface area (Å²) in [4.78, 5) is 4.67. The van der Waals surface area contributed by atoms with E-state index in [0.29, 0.717) is 0 Å². The van der Waals surface area contributed by atoms with Gasteiger partial charge in [-0.05, 0) is 23.8 Å². The van der Waals surface area contributed by atoms with Gasteiger partial charge in [0.1, 0.15) is 0 Å². The first-order valence-corrected chi connectivity index (χ1v) is 7.76. The fraction of sp³-hybridized carbons (Fsp3) is 0. The maximum Gasteiger partial charge on any atom is 0.0871 e. The molecule has 0 radical (unpaired) electrons. The van der Waals surface area contributed by atoms with Gasteiger partial charge in [0.15, 0.2) is 0 Å². The van der Waals surface area contributed by atoms with Gasteiger partial charge in [-0.25, -0.2) is 0 Å². The number of rotatable bonds is 1. The highest BCUT2D eigenvalue weighted by Gasteiger charge is 2.15. The van der Waals surface area contributed by atoms with E-state index in [2.05, 4.69) is 82.2 Å². The number of benzene rings is 3. The zero-order chi connectivity index (χ0) is 15.2. The van der Waals surface area contributed by atoms with Gasteiger partial charge in [0, 0.05) is 10.9 Å². The highest BCUT2D eigenvalue weighted by molar-refractivity contribution is 6.07. The van der Waals surface area contributed by atoms with Crippen molar-refractivity contribution in [1.82, 2.24) is 9.38 Å². The van der Waals surface area contributed by atoms with Crippen LogP contribution >= 0.6 is 0 Å². The quantitative estimate of drug-likeness (QED) is 0.409. The molecule has 2 aromatic heterocycles. The molecule has 23 heavy (non-hydrogen) atoms. The Morgan fingerprint density at radius 1 is 0.609 bits per heavy atom. The van der Waals surface area contributed by atoms with Gasteiger partial charge in [-0.3, -0.25) is 4.98 Å². The van der Waals surface area contributed by atoms with Gasteiger partial charge in [0.2, 0.25) is 0 Å². The Labute approximate surface area is 133 Å². The first kappa shape index (κ1) is 12.4. The largest absolute Gasteiger partial charge is 0.306 e. The third kappa shape index (κ3) is 1.72. The molecule has 0 bridgehead atoms. The molecule has 5 aromatic rings. The van der Waals surface area contributed by atoms with Gasteiger partial charge in [-0.15, -0.1) is 0 Å². The van der Waals surface area contributed by atoms with Gasteiger partial charge in [-0.2, -0.15) is 0 Å². The second kappa shape index (κ2) is 4.68. The smallest absolute Gasteiger partial charge is 0.0871 e. The number of hydrogen-bond donors (Lipinski definition) is 0. The van der Waals surface area contributed by atoms with Gasteiger partial charge in [-0.1, -0.05) is 60.7 Å². The number of para-hydroxylation sites is 3. The van der Waals surface area contributed by atoms with Crippen LogP contribution < -0.4 is 0 Å². The SMILES string of the molecule is c1ccc(-c2c3ccccc3n3c2cnc2ccccc23)cc1. The van der Waals surface area contributed by atoms with E-state index in [1.165, 1.54) is 22.0 Å². The van der Waals surface area contributed by atoms with Crippen LogP contribution in [-0.2, 0) is 0 Å². The molecule has 0 fully saturated rings. The minimum Gasteiger partial charge on any atom is -0.306 e. The van der Waals surface area contributed by atoms with Crippen LogP contribution in [0.25, 0.3) is 38.6 Å². The van der Waals surface area contributed by atoms with E-state index >= 15 is 0 Å². The summed E-state index contributed by atoms with van der Waals surface area (Å²) >= 11 is 0. The number of hydrogen-bond acceptors (Lipinski definition) is 1. The first-order valence-electron chi connectivity index (χ1n) is 7.76. The molecule has 0 N–H and O–H groups in total. The average Bonchev–Trinajstić information content (AvgIpc) is 2.97. The standard InChI is InChI=1S/C21H14N2/c1-2-8-15(9-3-1)21-16-10-4-6-12-18(16)23-19-13-7-5-11-17(19)22-14-20(21)23/h1-14H. The molecule has 0 atom stereocenters. The van der Waals surface area contributed by atoms with E-state index in [4.69, 9.17) is 0 Å². The molecule has 0 aliphatic rings. The predicted octanol–water partition coefficient (Wildman–Crippen LogP) is 5.31. The first-order chi connectivity index (χ1) is 11.4. The Hall–Kier alpha value is -3.13. The van der Waals surface area contributed by atoms with Crippen molar-refractivity contribution >= 4 is 27.5 Å². The van der Waals surface area contributed by atoms with Crippen LogP contribution in [-0.4, -0.2) is 9.38 Å². The third-order valence-corrected chi connectivity index (χ3v) is 4.42. The molecule has 108 valence electrons. The predicted molar refractivity (Wildman–Crippen MR) is 95.6 cm³/mol. The summed E-state index contributed by atoms with van der Waals surface area (Å²) in [6.45, 7) is 0. The lowest BCUT2D eigenvalue weighted by molar-refractivity contribution is 1.27. The minimum atomic E-state index is 1.01. The normalized spacial score (nSPS) is 11.5. The molecule has 0 saturated carbocycles. The number of aromatic nitrogens is 2. The molecule has 2 nitrogen and oxygen atoms in total. The highest BCUT2D eigenvalue weighted by Crippen LogP contribution is 2.36. The highest BCUT2D eigenvalue weighted by atomic mass is 14.9. The summed E-state index contributed by atoms with van der Waals surface area (Å²) in [5, 5.41) is 1.26. The van der Waals surface area contributed by atoms with Crippen LogP contribution in [0.15, 0.2) is 85.1 Å². The fourth-order valence-electron chi connectivity index (χ4n) is 3.44. The molecule has 0 aliphatic carbocycles. The van der Waals surface area contributed by atoms with Crippen LogP contribution in [0.5, 0.6) is 0 Å². The van der Waals surface area contributed by atoms with E-state index in [0.717, 1.165) is 16.6 Å². The van der Waals surface area contributed by atoms with Crippen molar-refractivity contribution in [2.24, 2.45) is 0 Å². The molecular weight excluding hydrogens is 280 g/mol. The van der Waals surface area contributed by atoms with Crippen molar-refractivity contribution in [3.8, 4) is 11.1 Å². The summed E-state index contributed by atoms with van der Waals surface area (Å²) in [5.41, 5.74) is 7.00. The monoisotopic (exact) mass is 294 g/mol. The van der Waals surface area contributed by atoms with Crippen LogP contribution in [0.1, 0.15) is 0 Å². The summed E-state index contributed by atoms with van der Waals surface area (Å²) in [7, 11) is 0. The Bertz CT molecular complexity index is 1150. The molecule has 5 rings (SSSR count). The Morgan fingerprint density at radius 2 is 1.30 bits per heavy atom. The van der Waals surface area contributed by atoms with Crippen molar-refractivity contribution < 1.29 is 0 Å². The van der Waals surface area contributed by atoms with Crippen LogP contribution in [0.4, 0.5) is 0 Å². The Morgan fingerprint density at radius 3 is 2.17 bits per heavy atom. The fourth-order valence-corrected chi connectivity index (χ4v) is 3.44. The van der Waals surface area contributed by atoms with E-state index in [-0.39, 0.29) is 0 Å². The molecule has 0 aliphatic heterocycles.